The predicted octanol–water partition coefficient (Wildman–Crippen LogP) is 4.23. The maximum atomic E-state index is 12.1. The van der Waals surface area contributed by atoms with Gasteiger partial charge in [0, 0.05) is 18.8 Å². The summed E-state index contributed by atoms with van der Waals surface area (Å²) < 4.78 is 11.0. The maximum Gasteiger partial charge on any atom is 0.306 e. The van der Waals surface area contributed by atoms with Gasteiger partial charge in [-0.2, -0.15) is 0 Å². The van der Waals surface area contributed by atoms with Crippen LogP contribution < -0.4 is 10.5 Å². The van der Waals surface area contributed by atoms with E-state index in [1.165, 1.54) is 0 Å². The van der Waals surface area contributed by atoms with Crippen LogP contribution in [0.1, 0.15) is 48.7 Å². The molecule has 0 saturated heterocycles. The lowest BCUT2D eigenvalue weighted by Crippen LogP contribution is -2.16. The molecule has 2 atom stereocenters. The highest BCUT2D eigenvalue weighted by molar-refractivity contribution is 5.70. The van der Waals surface area contributed by atoms with Gasteiger partial charge in [-0.3, -0.25) is 4.79 Å². The number of carbonyl (C=O) groups is 1. The van der Waals surface area contributed by atoms with E-state index in [2.05, 4.69) is 22.1 Å². The Hall–Kier alpha value is -3.25. The fourth-order valence-corrected chi connectivity index (χ4v) is 3.40. The minimum absolute atomic E-state index is 0.0656. The Morgan fingerprint density at radius 1 is 1.00 bits per heavy atom. The number of nitrogens with zero attached hydrogens (tertiary/aromatic N) is 2. The molecule has 1 heterocycles. The van der Waals surface area contributed by atoms with Crippen molar-refractivity contribution in [3.05, 3.63) is 90.0 Å². The molecule has 0 fully saturated rings. The number of hydrogen-bond acceptors (Lipinski definition) is 6. The quantitative estimate of drug-likeness (QED) is 0.468. The molecule has 31 heavy (non-hydrogen) atoms. The lowest BCUT2D eigenvalue weighted by molar-refractivity contribution is -0.143. The first-order valence-electron chi connectivity index (χ1n) is 10.6. The minimum atomic E-state index is -0.255. The second kappa shape index (κ2) is 11.8. The third kappa shape index (κ3) is 7.19. The molecule has 3 rings (SSSR count). The van der Waals surface area contributed by atoms with Crippen molar-refractivity contribution >= 4 is 5.97 Å². The van der Waals surface area contributed by atoms with Crippen molar-refractivity contribution in [2.75, 3.05) is 13.2 Å². The molecule has 1 aromatic heterocycles. The van der Waals surface area contributed by atoms with Gasteiger partial charge < -0.3 is 15.2 Å². The third-order valence-electron chi connectivity index (χ3n) is 5.01. The van der Waals surface area contributed by atoms with Gasteiger partial charge >= 0.3 is 5.97 Å². The molecule has 0 amide bonds. The number of esters is 1. The Morgan fingerprint density at radius 2 is 1.71 bits per heavy atom. The first-order chi connectivity index (χ1) is 15.2. The molecular formula is C25H29N3O3. The normalized spacial score (nSPS) is 12.7. The molecule has 0 radical (unpaired) electrons. The molecule has 0 bridgehead atoms. The number of ether oxygens (including phenoxy) is 2. The Balaban J connectivity index is 1.55. The molecule has 2 aromatic carbocycles. The monoisotopic (exact) mass is 419 g/mol. The molecule has 0 aliphatic heterocycles. The predicted molar refractivity (Wildman–Crippen MR) is 120 cm³/mol. The summed E-state index contributed by atoms with van der Waals surface area (Å²) in [6, 6.07) is 19.6. The van der Waals surface area contributed by atoms with Crippen LogP contribution >= 0.6 is 0 Å². The summed E-state index contributed by atoms with van der Waals surface area (Å²) in [5, 5.41) is 0. The number of rotatable bonds is 11. The first-order valence-corrected chi connectivity index (χ1v) is 10.6. The van der Waals surface area contributed by atoms with Crippen LogP contribution in [0.25, 0.3) is 0 Å². The van der Waals surface area contributed by atoms with E-state index in [1.807, 2.05) is 49.4 Å². The number of aromatic nitrogens is 2. The summed E-state index contributed by atoms with van der Waals surface area (Å²) in [5.41, 5.74) is 8.38. The van der Waals surface area contributed by atoms with Gasteiger partial charge in [-0.05, 0) is 48.6 Å². The van der Waals surface area contributed by atoms with Crippen molar-refractivity contribution in [1.29, 1.82) is 0 Å². The highest BCUT2D eigenvalue weighted by atomic mass is 16.5. The molecule has 1 unspecified atom stereocenters. The lowest BCUT2D eigenvalue weighted by atomic mass is 9.89. The topological polar surface area (TPSA) is 87.3 Å². The molecule has 2 N–H and O–H groups in total. The molecule has 3 aromatic rings. The van der Waals surface area contributed by atoms with Crippen LogP contribution in [0.15, 0.2) is 73.1 Å². The molecule has 6 heteroatoms. The van der Waals surface area contributed by atoms with E-state index in [4.69, 9.17) is 15.2 Å². The maximum absolute atomic E-state index is 12.1. The highest BCUT2D eigenvalue weighted by Gasteiger charge is 2.17. The van der Waals surface area contributed by atoms with Crippen LogP contribution in [0.5, 0.6) is 5.75 Å². The van der Waals surface area contributed by atoms with Crippen molar-refractivity contribution in [1.82, 2.24) is 9.97 Å². The summed E-state index contributed by atoms with van der Waals surface area (Å²) in [7, 11) is 0. The summed E-state index contributed by atoms with van der Waals surface area (Å²) in [4.78, 5) is 20.4. The standard InChI is InChI=1S/C25H29N3O3/c1-2-30-24(29)18-21(20-7-4-3-5-8-20)17-19-9-11-22(12-10-19)31-16-13-23(26)25-27-14-6-15-28-25/h3-12,14-15,21,23H,2,13,16-18,26H2,1H3/t21?,23-/m0/s1. The van der Waals surface area contributed by atoms with Crippen LogP contribution in [0, 0.1) is 0 Å². The summed E-state index contributed by atoms with van der Waals surface area (Å²) >= 11 is 0. The number of nitrogens with two attached hydrogens (primary N) is 1. The molecule has 6 nitrogen and oxygen atoms in total. The SMILES string of the molecule is CCOC(=O)CC(Cc1ccc(OCC[C@H](N)c2ncccn2)cc1)c1ccccc1. The van der Waals surface area contributed by atoms with E-state index in [1.54, 1.807) is 18.5 Å². The van der Waals surface area contributed by atoms with Gasteiger partial charge in [0.15, 0.2) is 0 Å². The van der Waals surface area contributed by atoms with Crippen LogP contribution in [-0.4, -0.2) is 29.2 Å². The van der Waals surface area contributed by atoms with Crippen LogP contribution in [-0.2, 0) is 16.0 Å². The van der Waals surface area contributed by atoms with Gasteiger partial charge in [0.1, 0.15) is 11.6 Å². The minimum Gasteiger partial charge on any atom is -0.494 e. The summed E-state index contributed by atoms with van der Waals surface area (Å²) in [6.07, 6.45) is 5.11. The summed E-state index contributed by atoms with van der Waals surface area (Å²) in [5.74, 6) is 1.30. The Kier molecular flexibility index (Phi) is 8.55. The van der Waals surface area contributed by atoms with E-state index in [0.717, 1.165) is 23.3 Å². The van der Waals surface area contributed by atoms with E-state index >= 15 is 0 Å². The van der Waals surface area contributed by atoms with E-state index in [-0.39, 0.29) is 17.9 Å². The van der Waals surface area contributed by atoms with E-state index in [9.17, 15) is 4.79 Å². The fourth-order valence-electron chi connectivity index (χ4n) is 3.40. The van der Waals surface area contributed by atoms with E-state index in [0.29, 0.717) is 31.9 Å². The van der Waals surface area contributed by atoms with Crippen molar-refractivity contribution < 1.29 is 14.3 Å². The van der Waals surface area contributed by atoms with Crippen molar-refractivity contribution in [3.8, 4) is 5.75 Å². The molecular weight excluding hydrogens is 390 g/mol. The first kappa shape index (κ1) is 22.4. The van der Waals surface area contributed by atoms with E-state index < -0.39 is 0 Å². The Morgan fingerprint density at radius 3 is 2.39 bits per heavy atom. The number of hydrogen-bond donors (Lipinski definition) is 1. The largest absolute Gasteiger partial charge is 0.494 e. The fraction of sp³-hybridized carbons (Fsp3) is 0.320. The molecule has 0 spiro atoms. The zero-order chi connectivity index (χ0) is 21.9. The molecule has 0 aliphatic carbocycles. The average Bonchev–Trinajstić information content (AvgIpc) is 2.81. The van der Waals surface area contributed by atoms with Gasteiger partial charge in [-0.15, -0.1) is 0 Å². The average molecular weight is 420 g/mol. The zero-order valence-corrected chi connectivity index (χ0v) is 17.8. The number of carbonyl (C=O) groups excluding carboxylic acids is 1. The summed E-state index contributed by atoms with van der Waals surface area (Å²) in [6.45, 7) is 2.70. The second-order valence-corrected chi connectivity index (χ2v) is 7.32. The van der Waals surface area contributed by atoms with Gasteiger partial charge in [-0.25, -0.2) is 9.97 Å². The van der Waals surface area contributed by atoms with Gasteiger partial charge in [0.25, 0.3) is 0 Å². The Bertz CT molecular complexity index is 918. The van der Waals surface area contributed by atoms with Crippen molar-refractivity contribution in [2.24, 2.45) is 5.73 Å². The van der Waals surface area contributed by atoms with Gasteiger partial charge in [-0.1, -0.05) is 42.5 Å². The molecule has 162 valence electrons. The number of benzene rings is 2. The zero-order valence-electron chi connectivity index (χ0n) is 17.8. The molecule has 0 aliphatic rings. The van der Waals surface area contributed by atoms with Crippen molar-refractivity contribution in [2.45, 2.75) is 38.1 Å². The molecule has 0 saturated carbocycles. The van der Waals surface area contributed by atoms with Crippen LogP contribution in [0.3, 0.4) is 0 Å². The van der Waals surface area contributed by atoms with Crippen LogP contribution in [0.4, 0.5) is 0 Å². The second-order valence-electron chi connectivity index (χ2n) is 7.32. The lowest BCUT2D eigenvalue weighted by Gasteiger charge is -2.17. The Labute approximate surface area is 183 Å². The van der Waals surface area contributed by atoms with Crippen molar-refractivity contribution in [3.63, 3.8) is 0 Å². The van der Waals surface area contributed by atoms with Gasteiger partial charge in [0.2, 0.25) is 0 Å². The third-order valence-corrected chi connectivity index (χ3v) is 5.01. The van der Waals surface area contributed by atoms with Crippen LogP contribution in [0.2, 0.25) is 0 Å². The smallest absolute Gasteiger partial charge is 0.306 e. The van der Waals surface area contributed by atoms with Gasteiger partial charge in [0.05, 0.1) is 25.7 Å². The highest BCUT2D eigenvalue weighted by Crippen LogP contribution is 2.26.